The summed E-state index contributed by atoms with van der Waals surface area (Å²) in [6.07, 6.45) is 3.43. The number of hydrogen-bond donors (Lipinski definition) is 1. The van der Waals surface area contributed by atoms with Gasteiger partial charge in [-0.2, -0.15) is 5.26 Å². The van der Waals surface area contributed by atoms with Gasteiger partial charge >= 0.3 is 0 Å². The Bertz CT molecular complexity index is 1130. The molecule has 0 saturated heterocycles. The number of fused-ring (bicyclic) bond motifs is 1. The Labute approximate surface area is 159 Å². The van der Waals surface area contributed by atoms with Crippen LogP contribution in [0.25, 0.3) is 0 Å². The minimum atomic E-state index is -0.521. The average Bonchev–Trinajstić information content (AvgIpc) is 3.19. The molecule has 0 saturated carbocycles. The lowest BCUT2D eigenvalue weighted by molar-refractivity contribution is 0.389. The van der Waals surface area contributed by atoms with E-state index in [2.05, 4.69) is 11.1 Å². The molecule has 0 aliphatic carbocycles. The van der Waals surface area contributed by atoms with Crippen LogP contribution in [0.2, 0.25) is 0 Å². The molecule has 1 atom stereocenters. The number of aryl methyl sites for hydroxylation is 1. The number of hydrogen-bond acceptors (Lipinski definition) is 6. The quantitative estimate of drug-likeness (QED) is 0.758. The highest BCUT2D eigenvalue weighted by Gasteiger charge is 2.34. The van der Waals surface area contributed by atoms with Crippen LogP contribution in [0.3, 0.4) is 0 Å². The van der Waals surface area contributed by atoms with E-state index < -0.39 is 5.92 Å². The van der Waals surface area contributed by atoms with Crippen molar-refractivity contribution in [3.8, 4) is 11.8 Å². The van der Waals surface area contributed by atoms with Crippen LogP contribution in [0.1, 0.15) is 27.6 Å². The zero-order valence-electron chi connectivity index (χ0n) is 14.5. The third-order valence-corrected chi connectivity index (χ3v) is 5.52. The summed E-state index contributed by atoms with van der Waals surface area (Å²) < 4.78 is 7.32. The molecule has 7 heteroatoms. The summed E-state index contributed by atoms with van der Waals surface area (Å²) in [5, 5.41) is 11.5. The minimum absolute atomic E-state index is 0.0483. The molecule has 0 fully saturated rings. The second kappa shape index (κ2) is 6.74. The smallest absolute Gasteiger partial charge is 0.259 e. The van der Waals surface area contributed by atoms with Crippen LogP contribution in [0.15, 0.2) is 64.4 Å². The predicted octanol–water partition coefficient (Wildman–Crippen LogP) is 2.88. The van der Waals surface area contributed by atoms with Crippen LogP contribution in [-0.2, 0) is 6.54 Å². The van der Waals surface area contributed by atoms with Crippen molar-refractivity contribution in [3.63, 3.8) is 0 Å². The fraction of sp³-hybridized carbons (Fsp3) is 0.150. The summed E-state index contributed by atoms with van der Waals surface area (Å²) in [6, 6.07) is 11.5. The monoisotopic (exact) mass is 376 g/mol. The molecule has 4 heterocycles. The second-order valence-electron chi connectivity index (χ2n) is 6.26. The van der Waals surface area contributed by atoms with Gasteiger partial charge in [-0.3, -0.25) is 9.78 Å². The summed E-state index contributed by atoms with van der Waals surface area (Å²) in [5.74, 6) is -0.0611. The summed E-state index contributed by atoms with van der Waals surface area (Å²) in [6.45, 7) is 2.24. The predicted molar refractivity (Wildman–Crippen MR) is 102 cm³/mol. The van der Waals surface area contributed by atoms with E-state index in [1.54, 1.807) is 23.0 Å². The number of nitrogens with zero attached hydrogens (tertiary/aromatic N) is 3. The summed E-state index contributed by atoms with van der Waals surface area (Å²) >= 11 is 1.48. The van der Waals surface area contributed by atoms with Gasteiger partial charge in [0.15, 0.2) is 0 Å². The summed E-state index contributed by atoms with van der Waals surface area (Å²) in [7, 11) is 0. The highest BCUT2D eigenvalue weighted by atomic mass is 32.1. The van der Waals surface area contributed by atoms with Gasteiger partial charge < -0.3 is 15.0 Å². The summed E-state index contributed by atoms with van der Waals surface area (Å²) in [4.78, 5) is 18.4. The standard InChI is InChI=1S/C20H16N4O2S/c1-12-8-15-18(20(25)24(12)11-13-4-2-6-23-10-13)17(16-5-3-7-27-16)14(9-21)19(22)26-15/h2-8,10,17H,11,22H2,1H3/t17-/m1/s1. The van der Waals surface area contributed by atoms with Gasteiger partial charge in [0.05, 0.1) is 18.0 Å². The molecule has 0 bridgehead atoms. The molecule has 27 heavy (non-hydrogen) atoms. The number of pyridine rings is 2. The highest BCUT2D eigenvalue weighted by Crippen LogP contribution is 2.41. The van der Waals surface area contributed by atoms with E-state index in [9.17, 15) is 10.1 Å². The van der Waals surface area contributed by atoms with Gasteiger partial charge in [-0.1, -0.05) is 12.1 Å². The number of nitriles is 1. The molecular formula is C20H16N4O2S. The highest BCUT2D eigenvalue weighted by molar-refractivity contribution is 7.10. The first-order chi connectivity index (χ1) is 13.1. The Morgan fingerprint density at radius 2 is 2.26 bits per heavy atom. The van der Waals surface area contributed by atoms with Crippen molar-refractivity contribution in [1.82, 2.24) is 9.55 Å². The van der Waals surface area contributed by atoms with Crippen molar-refractivity contribution >= 4 is 11.3 Å². The third-order valence-electron chi connectivity index (χ3n) is 4.58. The van der Waals surface area contributed by atoms with Gasteiger partial charge in [0.2, 0.25) is 5.88 Å². The van der Waals surface area contributed by atoms with E-state index in [0.29, 0.717) is 17.9 Å². The molecule has 1 aliphatic rings. The Balaban J connectivity index is 1.92. The van der Waals surface area contributed by atoms with E-state index in [1.165, 1.54) is 11.3 Å². The number of aromatic nitrogens is 2. The molecule has 0 aromatic carbocycles. The maximum Gasteiger partial charge on any atom is 0.259 e. The topological polar surface area (TPSA) is 93.9 Å². The maximum absolute atomic E-state index is 13.4. The second-order valence-corrected chi connectivity index (χ2v) is 7.24. The molecule has 0 spiro atoms. The van der Waals surface area contributed by atoms with Crippen molar-refractivity contribution in [1.29, 1.82) is 5.26 Å². The first kappa shape index (κ1) is 17.1. The Morgan fingerprint density at radius 3 is 2.93 bits per heavy atom. The van der Waals surface area contributed by atoms with E-state index in [-0.39, 0.29) is 17.0 Å². The number of ether oxygens (including phenoxy) is 1. The van der Waals surface area contributed by atoms with E-state index >= 15 is 0 Å². The SMILES string of the molecule is Cc1cc2c(c(=O)n1Cc1cccnc1)[C@@H](c1cccs1)C(C#N)=C(N)O2. The van der Waals surface area contributed by atoms with Gasteiger partial charge in [-0.05, 0) is 30.0 Å². The van der Waals surface area contributed by atoms with Gasteiger partial charge in [-0.15, -0.1) is 11.3 Å². The first-order valence-corrected chi connectivity index (χ1v) is 9.22. The van der Waals surface area contributed by atoms with Crippen LogP contribution in [0, 0.1) is 18.3 Å². The van der Waals surface area contributed by atoms with Crippen LogP contribution >= 0.6 is 11.3 Å². The zero-order chi connectivity index (χ0) is 19.0. The van der Waals surface area contributed by atoms with Crippen LogP contribution in [-0.4, -0.2) is 9.55 Å². The van der Waals surface area contributed by atoms with Crippen LogP contribution < -0.4 is 16.0 Å². The van der Waals surface area contributed by atoms with Crippen molar-refractivity contribution in [2.75, 3.05) is 0 Å². The third kappa shape index (κ3) is 2.90. The Morgan fingerprint density at radius 1 is 1.41 bits per heavy atom. The number of rotatable bonds is 3. The number of thiophene rings is 1. The molecule has 3 aromatic heterocycles. The molecule has 0 amide bonds. The average molecular weight is 376 g/mol. The molecule has 4 rings (SSSR count). The molecular weight excluding hydrogens is 360 g/mol. The van der Waals surface area contributed by atoms with E-state index in [0.717, 1.165) is 16.1 Å². The van der Waals surface area contributed by atoms with Gasteiger partial charge in [0.25, 0.3) is 5.56 Å². The normalized spacial score (nSPS) is 15.8. The summed E-state index contributed by atoms with van der Waals surface area (Å²) in [5.41, 5.74) is 8.17. The van der Waals surface area contributed by atoms with Crippen molar-refractivity contribution < 1.29 is 4.74 Å². The largest absolute Gasteiger partial charge is 0.440 e. The molecule has 2 N–H and O–H groups in total. The Hall–Kier alpha value is -3.37. The van der Waals surface area contributed by atoms with Crippen molar-refractivity contribution in [2.45, 2.75) is 19.4 Å². The van der Waals surface area contributed by atoms with Gasteiger partial charge in [-0.25, -0.2) is 0 Å². The maximum atomic E-state index is 13.4. The van der Waals surface area contributed by atoms with Gasteiger partial charge in [0.1, 0.15) is 17.4 Å². The molecule has 6 nitrogen and oxygen atoms in total. The van der Waals surface area contributed by atoms with Crippen LogP contribution in [0.5, 0.6) is 5.75 Å². The minimum Gasteiger partial charge on any atom is -0.440 e. The number of nitrogens with two attached hydrogens (primary N) is 1. The van der Waals surface area contributed by atoms with Crippen molar-refractivity contribution in [3.05, 3.63) is 91.6 Å². The molecule has 134 valence electrons. The lowest BCUT2D eigenvalue weighted by atomic mass is 9.88. The molecule has 0 radical (unpaired) electrons. The molecule has 0 unspecified atom stereocenters. The zero-order valence-corrected chi connectivity index (χ0v) is 15.4. The lowest BCUT2D eigenvalue weighted by Gasteiger charge is -2.26. The molecule has 1 aliphatic heterocycles. The van der Waals surface area contributed by atoms with Gasteiger partial charge in [0, 0.05) is 29.0 Å². The van der Waals surface area contributed by atoms with E-state index in [4.69, 9.17) is 10.5 Å². The molecule has 3 aromatic rings. The lowest BCUT2D eigenvalue weighted by Crippen LogP contribution is -2.32. The van der Waals surface area contributed by atoms with Crippen molar-refractivity contribution in [2.24, 2.45) is 5.73 Å². The Kier molecular flexibility index (Phi) is 4.26. The van der Waals surface area contributed by atoms with E-state index in [1.807, 2.05) is 36.6 Å². The fourth-order valence-electron chi connectivity index (χ4n) is 3.30. The van der Waals surface area contributed by atoms with Crippen LogP contribution in [0.4, 0.5) is 0 Å². The number of allylic oxidation sites excluding steroid dienone is 1. The fourth-order valence-corrected chi connectivity index (χ4v) is 4.14. The first-order valence-electron chi connectivity index (χ1n) is 8.34.